The third-order valence-corrected chi connectivity index (χ3v) is 6.56. The van der Waals surface area contributed by atoms with Crippen LogP contribution in [0, 0.1) is 0 Å². The van der Waals surface area contributed by atoms with Gasteiger partial charge in [-0.3, -0.25) is 4.79 Å². The van der Waals surface area contributed by atoms with Crippen LogP contribution in [0.4, 0.5) is 5.13 Å². The van der Waals surface area contributed by atoms with E-state index in [9.17, 15) is 4.79 Å². The Balaban J connectivity index is 1.58. The minimum absolute atomic E-state index is 0.123. The summed E-state index contributed by atoms with van der Waals surface area (Å²) < 4.78 is 10.6. The van der Waals surface area contributed by atoms with Crippen molar-refractivity contribution in [3.05, 3.63) is 64.6 Å². The molecular weight excluding hydrogens is 444 g/mol. The highest BCUT2D eigenvalue weighted by Crippen LogP contribution is 2.38. The Morgan fingerprint density at radius 1 is 0.969 bits per heavy atom. The molecule has 0 atom stereocenters. The monoisotopic (exact) mass is 466 g/mol. The van der Waals surface area contributed by atoms with Gasteiger partial charge in [0.25, 0.3) is 0 Å². The topological polar surface area (TPSA) is 99.4 Å². The van der Waals surface area contributed by atoms with Crippen LogP contribution in [-0.2, 0) is 17.8 Å². The van der Waals surface area contributed by atoms with E-state index in [0.717, 1.165) is 38.2 Å². The smallest absolute Gasteiger partial charge is 0.226 e. The van der Waals surface area contributed by atoms with E-state index in [1.54, 1.807) is 30.9 Å². The molecule has 164 valence electrons. The molecule has 9 heteroatoms. The highest BCUT2D eigenvalue weighted by molar-refractivity contribution is 7.15. The van der Waals surface area contributed by atoms with Gasteiger partial charge < -0.3 is 20.5 Å². The molecule has 2 aromatic heterocycles. The average molecular weight is 467 g/mol. The molecule has 2 heterocycles. The standard InChI is InChI=1S/C23H22N4O3S2/c1-29-17-7-3-14(4-8-17)21-22(15-5-9-18(30-2)10-6-15)32-20(27-21)12-25-19(28)11-16-13-31-23(24)26-16/h3-10,13H,11-12H2,1-2H3,(H2,24,26)(H,25,28). The summed E-state index contributed by atoms with van der Waals surface area (Å²) in [6.45, 7) is 0.336. The lowest BCUT2D eigenvalue weighted by Crippen LogP contribution is -2.24. The van der Waals surface area contributed by atoms with Crippen molar-refractivity contribution in [1.82, 2.24) is 15.3 Å². The number of thiazole rings is 2. The van der Waals surface area contributed by atoms with Gasteiger partial charge in [-0.15, -0.1) is 22.7 Å². The fourth-order valence-electron chi connectivity index (χ4n) is 3.13. The van der Waals surface area contributed by atoms with Crippen molar-refractivity contribution in [1.29, 1.82) is 0 Å². The molecule has 4 rings (SSSR count). The SMILES string of the molecule is COc1ccc(-c2nc(CNC(=O)Cc3csc(N)n3)sc2-c2ccc(OC)cc2)cc1. The molecule has 0 saturated carbocycles. The molecule has 1 amide bonds. The maximum absolute atomic E-state index is 12.3. The third-order valence-electron chi connectivity index (χ3n) is 4.74. The van der Waals surface area contributed by atoms with Crippen molar-refractivity contribution in [2.24, 2.45) is 0 Å². The maximum Gasteiger partial charge on any atom is 0.226 e. The van der Waals surface area contributed by atoms with Crippen molar-refractivity contribution < 1.29 is 14.3 Å². The Morgan fingerprint density at radius 3 is 2.16 bits per heavy atom. The van der Waals surface area contributed by atoms with E-state index in [4.69, 9.17) is 20.2 Å². The molecule has 0 aliphatic carbocycles. The number of anilines is 1. The molecule has 4 aromatic rings. The number of methoxy groups -OCH3 is 2. The summed E-state index contributed by atoms with van der Waals surface area (Å²) >= 11 is 2.88. The number of carbonyl (C=O) groups is 1. The summed E-state index contributed by atoms with van der Waals surface area (Å²) in [5.74, 6) is 1.45. The van der Waals surface area contributed by atoms with E-state index in [0.29, 0.717) is 17.4 Å². The first-order valence-electron chi connectivity index (χ1n) is 9.81. The van der Waals surface area contributed by atoms with Gasteiger partial charge in [0.15, 0.2) is 5.13 Å². The van der Waals surface area contributed by atoms with Gasteiger partial charge >= 0.3 is 0 Å². The molecule has 0 radical (unpaired) electrons. The molecule has 2 aromatic carbocycles. The van der Waals surface area contributed by atoms with Crippen LogP contribution in [0.3, 0.4) is 0 Å². The van der Waals surface area contributed by atoms with Crippen LogP contribution in [0.5, 0.6) is 11.5 Å². The van der Waals surface area contributed by atoms with E-state index < -0.39 is 0 Å². The Morgan fingerprint density at radius 2 is 1.59 bits per heavy atom. The Bertz CT molecular complexity index is 1140. The normalized spacial score (nSPS) is 10.7. The van der Waals surface area contributed by atoms with Gasteiger partial charge in [0, 0.05) is 10.9 Å². The van der Waals surface area contributed by atoms with Crippen LogP contribution >= 0.6 is 22.7 Å². The Labute approximate surface area is 193 Å². The molecular formula is C23H22N4O3S2. The first-order valence-corrected chi connectivity index (χ1v) is 11.5. The maximum atomic E-state index is 12.3. The quantitative estimate of drug-likeness (QED) is 0.400. The van der Waals surface area contributed by atoms with E-state index in [1.807, 2.05) is 48.5 Å². The number of nitrogens with one attached hydrogen (secondary N) is 1. The number of aromatic nitrogens is 2. The number of amides is 1. The van der Waals surface area contributed by atoms with Gasteiger partial charge in [0.2, 0.25) is 5.91 Å². The highest BCUT2D eigenvalue weighted by atomic mass is 32.1. The molecule has 0 fully saturated rings. The van der Waals surface area contributed by atoms with Gasteiger partial charge in [-0.1, -0.05) is 0 Å². The molecule has 7 nitrogen and oxygen atoms in total. The molecule has 0 bridgehead atoms. The number of nitrogens with zero attached hydrogens (tertiary/aromatic N) is 2. The summed E-state index contributed by atoms with van der Waals surface area (Å²) in [6, 6.07) is 15.7. The highest BCUT2D eigenvalue weighted by Gasteiger charge is 2.16. The predicted octanol–water partition coefficient (Wildman–Crippen LogP) is 4.39. The molecule has 0 aliphatic rings. The average Bonchev–Trinajstić information content (AvgIpc) is 3.44. The third kappa shape index (κ3) is 5.06. The second-order valence-corrected chi connectivity index (χ2v) is 8.85. The number of hydrogen-bond acceptors (Lipinski definition) is 8. The van der Waals surface area contributed by atoms with Crippen LogP contribution in [0.2, 0.25) is 0 Å². The minimum atomic E-state index is -0.123. The van der Waals surface area contributed by atoms with Gasteiger partial charge in [0.05, 0.1) is 43.5 Å². The zero-order valence-electron chi connectivity index (χ0n) is 17.6. The van der Waals surface area contributed by atoms with E-state index in [2.05, 4.69) is 10.3 Å². The van der Waals surface area contributed by atoms with Gasteiger partial charge in [-0.25, -0.2) is 9.97 Å². The molecule has 0 saturated heterocycles. The van der Waals surface area contributed by atoms with Gasteiger partial charge in [-0.2, -0.15) is 0 Å². The molecule has 0 aliphatic heterocycles. The predicted molar refractivity (Wildman–Crippen MR) is 128 cm³/mol. The summed E-state index contributed by atoms with van der Waals surface area (Å²) in [5, 5.41) is 5.99. The van der Waals surface area contributed by atoms with E-state index >= 15 is 0 Å². The van der Waals surface area contributed by atoms with Crippen molar-refractivity contribution in [3.63, 3.8) is 0 Å². The number of nitrogen functional groups attached to an aromatic ring is 1. The first kappa shape index (κ1) is 21.8. The minimum Gasteiger partial charge on any atom is -0.497 e. The lowest BCUT2D eigenvalue weighted by molar-refractivity contribution is -0.120. The number of ether oxygens (including phenoxy) is 2. The fraction of sp³-hybridized carbons (Fsp3) is 0.174. The largest absolute Gasteiger partial charge is 0.497 e. The first-order chi connectivity index (χ1) is 15.6. The van der Waals surface area contributed by atoms with Crippen LogP contribution in [0.25, 0.3) is 21.7 Å². The lowest BCUT2D eigenvalue weighted by atomic mass is 10.1. The van der Waals surface area contributed by atoms with Crippen molar-refractivity contribution in [2.75, 3.05) is 20.0 Å². The summed E-state index contributed by atoms with van der Waals surface area (Å²) in [7, 11) is 3.28. The molecule has 0 spiro atoms. The number of hydrogen-bond donors (Lipinski definition) is 2. The Hall–Kier alpha value is -3.43. The van der Waals surface area contributed by atoms with Crippen LogP contribution in [-0.4, -0.2) is 30.1 Å². The molecule has 3 N–H and O–H groups in total. The second kappa shape index (κ2) is 9.80. The van der Waals surface area contributed by atoms with Crippen LogP contribution < -0.4 is 20.5 Å². The van der Waals surface area contributed by atoms with Crippen molar-refractivity contribution in [2.45, 2.75) is 13.0 Å². The number of carbonyl (C=O) groups excluding carboxylic acids is 1. The van der Waals surface area contributed by atoms with Crippen molar-refractivity contribution in [3.8, 4) is 33.2 Å². The Kier molecular flexibility index (Phi) is 6.67. The van der Waals surface area contributed by atoms with Gasteiger partial charge in [-0.05, 0) is 54.1 Å². The van der Waals surface area contributed by atoms with E-state index in [-0.39, 0.29) is 12.3 Å². The number of rotatable bonds is 8. The fourth-order valence-corrected chi connectivity index (χ4v) is 4.72. The zero-order valence-corrected chi connectivity index (χ0v) is 19.3. The van der Waals surface area contributed by atoms with Gasteiger partial charge in [0.1, 0.15) is 16.5 Å². The van der Waals surface area contributed by atoms with E-state index in [1.165, 1.54) is 11.3 Å². The van der Waals surface area contributed by atoms with Crippen LogP contribution in [0.1, 0.15) is 10.7 Å². The number of nitrogens with two attached hydrogens (primary N) is 1. The second-order valence-electron chi connectivity index (χ2n) is 6.87. The summed E-state index contributed by atoms with van der Waals surface area (Å²) in [5.41, 5.74) is 9.17. The zero-order chi connectivity index (χ0) is 22.5. The lowest BCUT2D eigenvalue weighted by Gasteiger charge is -2.05. The summed E-state index contributed by atoms with van der Waals surface area (Å²) in [4.78, 5) is 22.3. The molecule has 32 heavy (non-hydrogen) atoms. The van der Waals surface area contributed by atoms with Crippen molar-refractivity contribution >= 4 is 33.7 Å². The molecule has 0 unspecified atom stereocenters. The number of benzene rings is 2. The summed E-state index contributed by atoms with van der Waals surface area (Å²) in [6.07, 6.45) is 0.190. The van der Waals surface area contributed by atoms with Crippen LogP contribution in [0.15, 0.2) is 53.9 Å².